The number of hydrogen-bond donors (Lipinski definition) is 2. The van der Waals surface area contributed by atoms with E-state index in [1.807, 2.05) is 19.1 Å². The Balaban J connectivity index is 2.44. The third kappa shape index (κ3) is 1.68. The van der Waals surface area contributed by atoms with Crippen LogP contribution in [-0.2, 0) is 0 Å². The van der Waals surface area contributed by atoms with Crippen LogP contribution in [0.1, 0.15) is 36.3 Å². The zero-order chi connectivity index (χ0) is 15.9. The number of fused-ring (bicyclic) bond motifs is 3. The third-order valence-electron chi connectivity index (χ3n) is 3.69. The molecule has 0 saturated heterocycles. The maximum absolute atomic E-state index is 10.4. The summed E-state index contributed by atoms with van der Waals surface area (Å²) in [5.74, 6) is -0.783. The van der Waals surface area contributed by atoms with Crippen molar-refractivity contribution in [2.45, 2.75) is 19.4 Å². The minimum Gasteiger partial charge on any atom is -0.503 e. The number of phenols is 2. The van der Waals surface area contributed by atoms with Gasteiger partial charge in [-0.25, -0.2) is 0 Å². The number of hydrogen-bond acceptors (Lipinski definition) is 5. The molecule has 1 atom stereocenters. The standard InChI is InChI=1S/C16H11N3O3/c1-2-12-11-5-3-4-6-19(11)13-14(20)9(7-17)10(8-18)15(21)16(13)22-12/h3-6,12H,2H2,1H3,(H-,20,21)/p+1. The Morgan fingerprint density at radius 3 is 2.50 bits per heavy atom. The molecule has 6 heteroatoms. The Bertz CT molecular complexity index is 862. The van der Waals surface area contributed by atoms with E-state index >= 15 is 0 Å². The number of phenolic OH excluding ortho intramolecular Hbond substituents is 2. The normalized spacial score (nSPS) is 15.0. The van der Waals surface area contributed by atoms with Crippen molar-refractivity contribution in [2.75, 3.05) is 0 Å². The molecule has 0 fully saturated rings. The summed E-state index contributed by atoms with van der Waals surface area (Å²) in [6.07, 6.45) is 2.04. The van der Waals surface area contributed by atoms with Crippen LogP contribution in [0.5, 0.6) is 17.2 Å². The van der Waals surface area contributed by atoms with Gasteiger partial charge in [0.25, 0.3) is 0 Å². The molecule has 22 heavy (non-hydrogen) atoms. The topological polar surface area (TPSA) is 101 Å². The molecule has 0 aliphatic carbocycles. The molecular formula is C16H12N3O3+. The summed E-state index contributed by atoms with van der Waals surface area (Å²) in [7, 11) is 0. The van der Waals surface area contributed by atoms with E-state index in [0.717, 1.165) is 5.69 Å². The van der Waals surface area contributed by atoms with Gasteiger partial charge in [-0.05, 0) is 12.5 Å². The van der Waals surface area contributed by atoms with E-state index in [1.165, 1.54) is 0 Å². The van der Waals surface area contributed by atoms with Gasteiger partial charge in [0.15, 0.2) is 18.1 Å². The predicted molar refractivity (Wildman–Crippen MR) is 74.4 cm³/mol. The van der Waals surface area contributed by atoms with Gasteiger partial charge in [0.2, 0.25) is 17.2 Å². The Kier molecular flexibility index (Phi) is 3.08. The summed E-state index contributed by atoms with van der Waals surface area (Å²) in [6, 6.07) is 8.96. The monoisotopic (exact) mass is 294 g/mol. The van der Waals surface area contributed by atoms with Gasteiger partial charge in [0.05, 0.1) is 0 Å². The first kappa shape index (κ1) is 13.7. The molecule has 1 aliphatic heterocycles. The molecule has 2 N–H and O–H groups in total. The van der Waals surface area contributed by atoms with Gasteiger partial charge in [-0.3, -0.25) is 0 Å². The van der Waals surface area contributed by atoms with E-state index in [2.05, 4.69) is 0 Å². The van der Waals surface area contributed by atoms with Gasteiger partial charge in [0.1, 0.15) is 23.3 Å². The Morgan fingerprint density at radius 2 is 1.86 bits per heavy atom. The van der Waals surface area contributed by atoms with Crippen molar-refractivity contribution in [1.29, 1.82) is 10.5 Å². The molecule has 0 amide bonds. The highest BCUT2D eigenvalue weighted by Crippen LogP contribution is 2.46. The van der Waals surface area contributed by atoms with E-state index in [4.69, 9.17) is 10.00 Å². The van der Waals surface area contributed by atoms with Gasteiger partial charge in [0, 0.05) is 12.1 Å². The summed E-state index contributed by atoms with van der Waals surface area (Å²) in [5, 5.41) is 39.0. The van der Waals surface area contributed by atoms with Crippen LogP contribution in [0.2, 0.25) is 0 Å². The summed E-state index contributed by atoms with van der Waals surface area (Å²) in [4.78, 5) is 0. The minimum atomic E-state index is -0.424. The molecular weight excluding hydrogens is 282 g/mol. The average molecular weight is 294 g/mol. The van der Waals surface area contributed by atoms with Crippen LogP contribution in [0.3, 0.4) is 0 Å². The van der Waals surface area contributed by atoms with E-state index in [-0.39, 0.29) is 34.4 Å². The highest BCUT2D eigenvalue weighted by molar-refractivity contribution is 5.73. The van der Waals surface area contributed by atoms with Crippen molar-refractivity contribution in [2.24, 2.45) is 0 Å². The number of benzene rings is 1. The zero-order valence-electron chi connectivity index (χ0n) is 11.7. The Labute approximate surface area is 126 Å². The van der Waals surface area contributed by atoms with Crippen LogP contribution in [0.15, 0.2) is 24.4 Å². The molecule has 0 bridgehead atoms. The summed E-state index contributed by atoms with van der Waals surface area (Å²) < 4.78 is 7.44. The van der Waals surface area contributed by atoms with E-state index in [1.54, 1.807) is 29.0 Å². The van der Waals surface area contributed by atoms with Crippen LogP contribution in [0.4, 0.5) is 0 Å². The second kappa shape index (κ2) is 4.94. The van der Waals surface area contributed by atoms with Gasteiger partial charge < -0.3 is 14.9 Å². The highest BCUT2D eigenvalue weighted by Gasteiger charge is 2.40. The fraction of sp³-hybridized carbons (Fsp3) is 0.188. The third-order valence-corrected chi connectivity index (χ3v) is 3.69. The smallest absolute Gasteiger partial charge is 0.300 e. The van der Waals surface area contributed by atoms with Crippen molar-refractivity contribution < 1.29 is 19.5 Å². The molecule has 0 radical (unpaired) electrons. The largest absolute Gasteiger partial charge is 0.503 e. The number of aromatic nitrogens is 1. The number of rotatable bonds is 1. The molecule has 0 saturated carbocycles. The molecule has 1 unspecified atom stereocenters. The van der Waals surface area contributed by atoms with Crippen LogP contribution < -0.4 is 9.30 Å². The van der Waals surface area contributed by atoms with Crippen molar-refractivity contribution in [1.82, 2.24) is 0 Å². The molecule has 6 nitrogen and oxygen atoms in total. The summed E-state index contributed by atoms with van der Waals surface area (Å²) >= 11 is 0. The van der Waals surface area contributed by atoms with Crippen molar-refractivity contribution in [3.05, 3.63) is 41.2 Å². The van der Waals surface area contributed by atoms with E-state index < -0.39 is 5.75 Å². The number of aromatic hydroxyl groups is 2. The Hall–Kier alpha value is -3.25. The molecule has 108 valence electrons. The lowest BCUT2D eigenvalue weighted by Gasteiger charge is -2.23. The molecule has 2 heterocycles. The number of ether oxygens (including phenoxy) is 1. The quantitative estimate of drug-likeness (QED) is 0.618. The second-order valence-corrected chi connectivity index (χ2v) is 4.86. The molecule has 1 aromatic carbocycles. The van der Waals surface area contributed by atoms with Gasteiger partial charge in [-0.1, -0.05) is 6.92 Å². The average Bonchev–Trinajstić information content (AvgIpc) is 2.56. The van der Waals surface area contributed by atoms with Crippen molar-refractivity contribution in [3.8, 4) is 35.1 Å². The van der Waals surface area contributed by atoms with Gasteiger partial charge >= 0.3 is 5.69 Å². The number of pyridine rings is 1. The lowest BCUT2D eigenvalue weighted by molar-refractivity contribution is -0.615. The number of nitriles is 2. The number of nitrogens with zero attached hydrogens (tertiary/aromatic N) is 3. The SMILES string of the molecule is CCC1Oc2c(O)c(C#N)c(C#N)c(O)c2-[n+]2ccccc21. The van der Waals surface area contributed by atoms with E-state index in [0.29, 0.717) is 6.42 Å². The maximum atomic E-state index is 10.4. The first-order valence-corrected chi connectivity index (χ1v) is 6.73. The van der Waals surface area contributed by atoms with Crippen LogP contribution >= 0.6 is 0 Å². The molecule has 0 spiro atoms. The minimum absolute atomic E-state index is 0.0172. The molecule has 3 rings (SSSR count). The van der Waals surface area contributed by atoms with Gasteiger partial charge in [-0.15, -0.1) is 0 Å². The van der Waals surface area contributed by atoms with Gasteiger partial charge in [-0.2, -0.15) is 15.1 Å². The fourth-order valence-electron chi connectivity index (χ4n) is 2.66. The lowest BCUT2D eigenvalue weighted by Crippen LogP contribution is -2.42. The summed E-state index contributed by atoms with van der Waals surface area (Å²) in [6.45, 7) is 1.93. The summed E-state index contributed by atoms with van der Waals surface area (Å²) in [5.41, 5.74) is 0.419. The molecule has 1 aliphatic rings. The first-order chi connectivity index (χ1) is 10.6. The highest BCUT2D eigenvalue weighted by atomic mass is 16.5. The van der Waals surface area contributed by atoms with Crippen molar-refractivity contribution >= 4 is 0 Å². The molecule has 2 aromatic rings. The van der Waals surface area contributed by atoms with E-state index in [9.17, 15) is 15.5 Å². The predicted octanol–water partition coefficient (Wildman–Crippen LogP) is 1.96. The Morgan fingerprint density at radius 1 is 1.18 bits per heavy atom. The fourth-order valence-corrected chi connectivity index (χ4v) is 2.66. The lowest BCUT2D eigenvalue weighted by atomic mass is 10.0. The maximum Gasteiger partial charge on any atom is 0.300 e. The van der Waals surface area contributed by atoms with Crippen LogP contribution in [0.25, 0.3) is 5.69 Å². The molecule has 1 aromatic heterocycles. The first-order valence-electron chi connectivity index (χ1n) is 6.73. The van der Waals surface area contributed by atoms with Crippen LogP contribution in [0, 0.1) is 22.7 Å². The van der Waals surface area contributed by atoms with Crippen LogP contribution in [-0.4, -0.2) is 10.2 Å². The zero-order valence-corrected chi connectivity index (χ0v) is 11.7. The second-order valence-electron chi connectivity index (χ2n) is 4.86. The van der Waals surface area contributed by atoms with Crippen molar-refractivity contribution in [3.63, 3.8) is 0 Å².